The lowest BCUT2D eigenvalue weighted by molar-refractivity contribution is -0.121. The first-order valence-electron chi connectivity index (χ1n) is 8.16. The Kier molecular flexibility index (Phi) is 5.72. The maximum Gasteiger partial charge on any atom is 0.221 e. The van der Waals surface area contributed by atoms with Crippen LogP contribution in [0.25, 0.3) is 0 Å². The highest BCUT2D eigenvalue weighted by molar-refractivity contribution is 6.30. The quantitative estimate of drug-likeness (QED) is 0.905. The number of carbonyl (C=O) groups excluding carboxylic acids is 1. The Morgan fingerprint density at radius 3 is 2.62 bits per heavy atom. The SMILES string of the molecule is O=C1CC(c2ccccc2)N(CCOc2ccc(Cl)cc2)CCN1. The largest absolute Gasteiger partial charge is 0.492 e. The van der Waals surface area contributed by atoms with Crippen molar-refractivity contribution < 1.29 is 9.53 Å². The van der Waals surface area contributed by atoms with Gasteiger partial charge >= 0.3 is 0 Å². The number of carbonyl (C=O) groups is 1. The molecule has 1 aliphatic rings. The van der Waals surface area contributed by atoms with Crippen LogP contribution in [0.5, 0.6) is 5.75 Å². The number of ether oxygens (including phenoxy) is 1. The predicted octanol–water partition coefficient (Wildman–Crippen LogP) is 3.28. The number of hydrogen-bond acceptors (Lipinski definition) is 3. The smallest absolute Gasteiger partial charge is 0.221 e. The summed E-state index contributed by atoms with van der Waals surface area (Å²) < 4.78 is 5.81. The van der Waals surface area contributed by atoms with E-state index in [9.17, 15) is 4.79 Å². The van der Waals surface area contributed by atoms with Crippen LogP contribution in [0.3, 0.4) is 0 Å². The lowest BCUT2D eigenvalue weighted by Crippen LogP contribution is -2.34. The third kappa shape index (κ3) is 4.49. The second-order valence-corrected chi connectivity index (χ2v) is 6.26. The summed E-state index contributed by atoms with van der Waals surface area (Å²) in [6, 6.07) is 17.6. The van der Waals surface area contributed by atoms with Gasteiger partial charge in [0.1, 0.15) is 12.4 Å². The van der Waals surface area contributed by atoms with Crippen LogP contribution in [0.2, 0.25) is 5.02 Å². The zero-order valence-corrected chi connectivity index (χ0v) is 14.2. The van der Waals surface area contributed by atoms with Gasteiger partial charge in [0.05, 0.1) is 0 Å². The molecule has 1 amide bonds. The monoisotopic (exact) mass is 344 g/mol. The fourth-order valence-corrected chi connectivity index (χ4v) is 3.08. The molecule has 5 heteroatoms. The number of nitrogens with zero attached hydrogens (tertiary/aromatic N) is 1. The van der Waals surface area contributed by atoms with E-state index in [4.69, 9.17) is 16.3 Å². The zero-order chi connectivity index (χ0) is 16.8. The lowest BCUT2D eigenvalue weighted by Gasteiger charge is -2.29. The van der Waals surface area contributed by atoms with Gasteiger partial charge in [0.25, 0.3) is 0 Å². The summed E-state index contributed by atoms with van der Waals surface area (Å²) >= 11 is 5.88. The maximum absolute atomic E-state index is 12.0. The maximum atomic E-state index is 12.0. The fraction of sp³-hybridized carbons (Fsp3) is 0.316. The fourth-order valence-electron chi connectivity index (χ4n) is 2.95. The second-order valence-electron chi connectivity index (χ2n) is 5.82. The standard InChI is InChI=1S/C19H21ClN2O2/c20-16-6-8-17(9-7-16)24-13-12-22-11-10-21-19(23)14-18(22)15-4-2-1-3-5-15/h1-9,18H,10-14H2,(H,21,23). The molecule has 0 saturated carbocycles. The highest BCUT2D eigenvalue weighted by Crippen LogP contribution is 2.25. The van der Waals surface area contributed by atoms with E-state index in [1.807, 2.05) is 42.5 Å². The van der Waals surface area contributed by atoms with Crippen LogP contribution in [0.1, 0.15) is 18.0 Å². The zero-order valence-electron chi connectivity index (χ0n) is 13.5. The molecule has 2 aromatic carbocycles. The molecule has 24 heavy (non-hydrogen) atoms. The average Bonchev–Trinajstić information content (AvgIpc) is 2.79. The summed E-state index contributed by atoms with van der Waals surface area (Å²) in [5.41, 5.74) is 1.17. The highest BCUT2D eigenvalue weighted by atomic mass is 35.5. The van der Waals surface area contributed by atoms with E-state index in [0.717, 1.165) is 18.8 Å². The van der Waals surface area contributed by atoms with E-state index in [1.54, 1.807) is 0 Å². The van der Waals surface area contributed by atoms with E-state index in [2.05, 4.69) is 22.3 Å². The molecule has 1 saturated heterocycles. The van der Waals surface area contributed by atoms with Gasteiger partial charge in [0.2, 0.25) is 5.91 Å². The van der Waals surface area contributed by atoms with Gasteiger partial charge in [-0.2, -0.15) is 0 Å². The molecule has 0 spiro atoms. The van der Waals surface area contributed by atoms with Gasteiger partial charge in [-0.15, -0.1) is 0 Å². The summed E-state index contributed by atoms with van der Waals surface area (Å²) in [4.78, 5) is 14.3. The van der Waals surface area contributed by atoms with Crippen molar-refractivity contribution in [3.8, 4) is 5.75 Å². The molecule has 1 atom stereocenters. The Morgan fingerprint density at radius 1 is 1.12 bits per heavy atom. The third-order valence-electron chi connectivity index (χ3n) is 4.19. The molecule has 0 radical (unpaired) electrons. The van der Waals surface area contributed by atoms with Crippen molar-refractivity contribution in [1.82, 2.24) is 10.2 Å². The molecule has 1 N–H and O–H groups in total. The Hall–Kier alpha value is -2.04. The molecule has 1 heterocycles. The Bertz CT molecular complexity index is 661. The number of benzene rings is 2. The molecular formula is C19H21ClN2O2. The summed E-state index contributed by atoms with van der Waals surface area (Å²) in [6.07, 6.45) is 0.477. The van der Waals surface area contributed by atoms with Gasteiger partial charge in [0, 0.05) is 37.1 Å². The Balaban J connectivity index is 1.64. The first-order chi connectivity index (χ1) is 11.7. The minimum atomic E-state index is 0.0857. The number of rotatable bonds is 5. The summed E-state index contributed by atoms with van der Waals surface area (Å²) in [5, 5.41) is 3.65. The van der Waals surface area contributed by atoms with Crippen molar-refractivity contribution >= 4 is 17.5 Å². The molecule has 0 aromatic heterocycles. The van der Waals surface area contributed by atoms with Gasteiger partial charge in [-0.05, 0) is 29.8 Å². The molecule has 3 rings (SSSR count). The lowest BCUT2D eigenvalue weighted by atomic mass is 10.0. The van der Waals surface area contributed by atoms with Gasteiger partial charge in [-0.3, -0.25) is 9.69 Å². The van der Waals surface area contributed by atoms with Crippen molar-refractivity contribution in [1.29, 1.82) is 0 Å². The van der Waals surface area contributed by atoms with Gasteiger partial charge in [0.15, 0.2) is 0 Å². The van der Waals surface area contributed by atoms with Crippen LogP contribution in [-0.4, -0.2) is 37.0 Å². The summed E-state index contributed by atoms with van der Waals surface area (Å²) in [5.74, 6) is 0.907. The number of hydrogen-bond donors (Lipinski definition) is 1. The van der Waals surface area contributed by atoms with Gasteiger partial charge < -0.3 is 10.1 Å². The topological polar surface area (TPSA) is 41.6 Å². The predicted molar refractivity (Wildman–Crippen MR) is 95.3 cm³/mol. The normalized spacial score (nSPS) is 18.7. The third-order valence-corrected chi connectivity index (χ3v) is 4.44. The summed E-state index contributed by atoms with van der Waals surface area (Å²) in [7, 11) is 0. The van der Waals surface area contributed by atoms with Crippen LogP contribution >= 0.6 is 11.6 Å². The van der Waals surface area contributed by atoms with Crippen molar-refractivity contribution in [2.45, 2.75) is 12.5 Å². The molecule has 1 fully saturated rings. The van der Waals surface area contributed by atoms with Crippen LogP contribution in [-0.2, 0) is 4.79 Å². The average molecular weight is 345 g/mol. The van der Waals surface area contributed by atoms with E-state index < -0.39 is 0 Å². The van der Waals surface area contributed by atoms with Crippen LogP contribution in [0.4, 0.5) is 0 Å². The minimum Gasteiger partial charge on any atom is -0.492 e. The van der Waals surface area contributed by atoms with E-state index in [0.29, 0.717) is 24.6 Å². The van der Waals surface area contributed by atoms with E-state index in [-0.39, 0.29) is 11.9 Å². The number of amides is 1. The van der Waals surface area contributed by atoms with Crippen LogP contribution in [0, 0.1) is 0 Å². The number of nitrogens with one attached hydrogen (secondary N) is 1. The highest BCUT2D eigenvalue weighted by Gasteiger charge is 2.25. The minimum absolute atomic E-state index is 0.0857. The molecule has 126 valence electrons. The van der Waals surface area contributed by atoms with Crippen molar-refractivity contribution in [3.05, 3.63) is 65.2 Å². The van der Waals surface area contributed by atoms with Crippen molar-refractivity contribution in [3.63, 3.8) is 0 Å². The van der Waals surface area contributed by atoms with Gasteiger partial charge in [-0.1, -0.05) is 41.9 Å². The molecular weight excluding hydrogens is 324 g/mol. The van der Waals surface area contributed by atoms with Crippen molar-refractivity contribution in [2.24, 2.45) is 0 Å². The molecule has 0 aliphatic carbocycles. The Morgan fingerprint density at radius 2 is 1.88 bits per heavy atom. The van der Waals surface area contributed by atoms with Crippen LogP contribution in [0.15, 0.2) is 54.6 Å². The molecule has 1 aliphatic heterocycles. The first-order valence-corrected chi connectivity index (χ1v) is 8.54. The second kappa shape index (κ2) is 8.18. The van der Waals surface area contributed by atoms with Crippen LogP contribution < -0.4 is 10.1 Å². The summed E-state index contributed by atoms with van der Waals surface area (Å²) in [6.45, 7) is 2.81. The van der Waals surface area contributed by atoms with Gasteiger partial charge in [-0.25, -0.2) is 0 Å². The molecule has 4 nitrogen and oxygen atoms in total. The molecule has 1 unspecified atom stereocenters. The molecule has 0 bridgehead atoms. The number of halogens is 1. The first kappa shape index (κ1) is 16.8. The Labute approximate surface area is 147 Å². The van der Waals surface area contributed by atoms with E-state index in [1.165, 1.54) is 5.56 Å². The molecule has 2 aromatic rings. The van der Waals surface area contributed by atoms with Crippen molar-refractivity contribution in [2.75, 3.05) is 26.2 Å². The van der Waals surface area contributed by atoms with E-state index >= 15 is 0 Å².